The van der Waals surface area contributed by atoms with Crippen LogP contribution in [-0.2, 0) is 19.4 Å². The number of nitrogens with one attached hydrogen (secondary N) is 1. The second kappa shape index (κ2) is 6.99. The number of carbonyl (C=O) groups is 2. The molecule has 4 rings (SSSR count). The molecule has 9 heteroatoms. The van der Waals surface area contributed by atoms with E-state index in [9.17, 15) is 18.0 Å². The maximum absolute atomic E-state index is 12.1. The molecule has 0 saturated carbocycles. The highest BCUT2D eigenvalue weighted by Crippen LogP contribution is 2.31. The van der Waals surface area contributed by atoms with E-state index in [2.05, 4.69) is 10.3 Å². The molecule has 1 N–H and O–H groups in total. The Balaban J connectivity index is 1.60. The number of aromatic nitrogens is 1. The average Bonchev–Trinajstić information content (AvgIpc) is 3.00. The average molecular weight is 415 g/mol. The molecule has 28 heavy (non-hydrogen) atoms. The van der Waals surface area contributed by atoms with Crippen molar-refractivity contribution in [1.29, 1.82) is 0 Å². The molecule has 2 aromatic carbocycles. The largest absolute Gasteiger partial charge is 0.334 e. The number of likely N-dealkylation sites (tertiary alicyclic amines) is 1. The zero-order chi connectivity index (χ0) is 19.9. The van der Waals surface area contributed by atoms with Crippen LogP contribution in [0.1, 0.15) is 6.42 Å². The first-order chi connectivity index (χ1) is 13.3. The fraction of sp³-hybridized carbons (Fsp3) is 0.211. The summed E-state index contributed by atoms with van der Waals surface area (Å²) in [5.74, 6) is -1.22. The highest BCUT2D eigenvalue weighted by molar-refractivity contribution is 7.90. The van der Waals surface area contributed by atoms with Crippen molar-refractivity contribution in [3.8, 4) is 11.1 Å². The Morgan fingerprint density at radius 2 is 1.86 bits per heavy atom. The number of sulfone groups is 1. The van der Waals surface area contributed by atoms with E-state index in [0.29, 0.717) is 23.7 Å². The Kier molecular flexibility index (Phi) is 4.64. The van der Waals surface area contributed by atoms with Gasteiger partial charge in [-0.25, -0.2) is 13.4 Å². The van der Waals surface area contributed by atoms with Crippen molar-refractivity contribution in [2.45, 2.75) is 11.3 Å². The number of fused-ring (bicyclic) bond motifs is 1. The van der Waals surface area contributed by atoms with Crippen LogP contribution in [0.25, 0.3) is 21.3 Å². The van der Waals surface area contributed by atoms with Crippen molar-refractivity contribution in [1.82, 2.24) is 9.88 Å². The summed E-state index contributed by atoms with van der Waals surface area (Å²) in [4.78, 5) is 30.1. The number of thiazole rings is 1. The molecule has 0 unspecified atom stereocenters. The maximum Gasteiger partial charge on any atom is 0.315 e. The van der Waals surface area contributed by atoms with Gasteiger partial charge < -0.3 is 4.90 Å². The zero-order valence-corrected chi connectivity index (χ0v) is 16.6. The third kappa shape index (κ3) is 3.63. The molecule has 0 aliphatic carbocycles. The van der Waals surface area contributed by atoms with Gasteiger partial charge in [-0.05, 0) is 41.8 Å². The summed E-state index contributed by atoms with van der Waals surface area (Å²) >= 11 is 1.27. The van der Waals surface area contributed by atoms with Crippen molar-refractivity contribution in [3.05, 3.63) is 42.5 Å². The Bertz CT molecular complexity index is 1200. The number of amides is 2. The second-order valence-electron chi connectivity index (χ2n) is 6.60. The summed E-state index contributed by atoms with van der Waals surface area (Å²) in [5, 5.41) is 2.92. The van der Waals surface area contributed by atoms with E-state index in [0.717, 1.165) is 22.2 Å². The van der Waals surface area contributed by atoms with E-state index >= 15 is 0 Å². The summed E-state index contributed by atoms with van der Waals surface area (Å²) < 4.78 is 24.4. The Hall–Kier alpha value is -2.78. The lowest BCUT2D eigenvalue weighted by Gasteiger charge is -2.29. The van der Waals surface area contributed by atoms with Gasteiger partial charge >= 0.3 is 11.8 Å². The van der Waals surface area contributed by atoms with Gasteiger partial charge in [-0.15, -0.1) is 0 Å². The number of carbonyl (C=O) groups excluding carboxylic acids is 2. The molecule has 7 nitrogen and oxygen atoms in total. The van der Waals surface area contributed by atoms with Gasteiger partial charge in [0.1, 0.15) is 0 Å². The van der Waals surface area contributed by atoms with Gasteiger partial charge in [0.15, 0.2) is 15.0 Å². The Labute approximate surface area is 165 Å². The van der Waals surface area contributed by atoms with Crippen LogP contribution in [-0.4, -0.2) is 49.5 Å². The normalized spacial score (nSPS) is 14.0. The number of anilines is 1. The van der Waals surface area contributed by atoms with E-state index in [1.54, 1.807) is 24.3 Å². The summed E-state index contributed by atoms with van der Waals surface area (Å²) in [6.45, 7) is 1.23. The predicted molar refractivity (Wildman–Crippen MR) is 108 cm³/mol. The number of nitrogens with zero attached hydrogens (tertiary/aromatic N) is 2. The monoisotopic (exact) mass is 415 g/mol. The minimum absolute atomic E-state index is 0.256. The van der Waals surface area contributed by atoms with E-state index < -0.39 is 21.7 Å². The predicted octanol–water partition coefficient (Wildman–Crippen LogP) is 2.54. The van der Waals surface area contributed by atoms with Crippen LogP contribution in [0.2, 0.25) is 0 Å². The summed E-state index contributed by atoms with van der Waals surface area (Å²) in [7, 11) is -3.29. The summed E-state index contributed by atoms with van der Waals surface area (Å²) in [6.07, 6.45) is 2.10. The minimum atomic E-state index is -3.29. The van der Waals surface area contributed by atoms with Crippen molar-refractivity contribution in [2.75, 3.05) is 24.7 Å². The molecule has 144 valence electrons. The second-order valence-corrected chi connectivity index (χ2v) is 9.65. The molecule has 2 heterocycles. The first-order valence-corrected chi connectivity index (χ1v) is 11.3. The minimum Gasteiger partial charge on any atom is -0.334 e. The molecule has 0 radical (unpaired) electrons. The van der Waals surface area contributed by atoms with Crippen LogP contribution in [0.3, 0.4) is 0 Å². The fourth-order valence-corrected chi connectivity index (χ4v) is 4.44. The van der Waals surface area contributed by atoms with Gasteiger partial charge in [-0.2, -0.15) is 0 Å². The molecule has 0 bridgehead atoms. The first kappa shape index (κ1) is 18.6. The number of benzene rings is 2. The van der Waals surface area contributed by atoms with E-state index in [4.69, 9.17) is 0 Å². The molecule has 1 saturated heterocycles. The van der Waals surface area contributed by atoms with Crippen LogP contribution in [0, 0.1) is 0 Å². The Morgan fingerprint density at radius 1 is 1.11 bits per heavy atom. The zero-order valence-electron chi connectivity index (χ0n) is 15.0. The van der Waals surface area contributed by atoms with Crippen LogP contribution < -0.4 is 5.32 Å². The van der Waals surface area contributed by atoms with Crippen molar-refractivity contribution >= 4 is 48.3 Å². The lowest BCUT2D eigenvalue weighted by atomic mass is 10.1. The third-order valence-corrected chi connectivity index (χ3v) is 6.59. The number of hydrogen-bond acceptors (Lipinski definition) is 6. The Morgan fingerprint density at radius 3 is 2.54 bits per heavy atom. The quantitative estimate of drug-likeness (QED) is 0.663. The lowest BCUT2D eigenvalue weighted by molar-refractivity contribution is -0.145. The molecule has 1 aliphatic rings. The molecule has 1 aromatic heterocycles. The molecule has 0 spiro atoms. The van der Waals surface area contributed by atoms with Crippen LogP contribution in [0.4, 0.5) is 5.13 Å². The van der Waals surface area contributed by atoms with E-state index in [-0.39, 0.29) is 4.90 Å². The topological polar surface area (TPSA) is 96.4 Å². The molecule has 1 aliphatic heterocycles. The van der Waals surface area contributed by atoms with Gasteiger partial charge in [-0.1, -0.05) is 29.5 Å². The summed E-state index contributed by atoms with van der Waals surface area (Å²) in [5.41, 5.74) is 2.31. The van der Waals surface area contributed by atoms with Crippen molar-refractivity contribution in [3.63, 3.8) is 0 Å². The lowest BCUT2D eigenvalue weighted by Crippen LogP contribution is -2.47. The molecule has 3 aromatic rings. The van der Waals surface area contributed by atoms with Crippen LogP contribution in [0.5, 0.6) is 0 Å². The van der Waals surface area contributed by atoms with Crippen LogP contribution in [0.15, 0.2) is 47.4 Å². The van der Waals surface area contributed by atoms with Gasteiger partial charge in [0, 0.05) is 19.3 Å². The van der Waals surface area contributed by atoms with Gasteiger partial charge in [0.25, 0.3) is 0 Å². The van der Waals surface area contributed by atoms with Gasteiger partial charge in [-0.3, -0.25) is 14.9 Å². The molecule has 2 amide bonds. The standard InChI is InChI=1S/C19H17N3O4S2/c1-28(25,26)14-5-2-4-12(10-14)13-6-7-15-16(11-13)27-19(20-15)21-17(23)18(24)22-8-3-9-22/h2,4-7,10-11H,3,8-9H2,1H3,(H,20,21,23). The number of hydrogen-bond donors (Lipinski definition) is 1. The van der Waals surface area contributed by atoms with Crippen LogP contribution >= 0.6 is 11.3 Å². The molecular weight excluding hydrogens is 398 g/mol. The van der Waals surface area contributed by atoms with E-state index in [1.807, 2.05) is 18.2 Å². The highest BCUT2D eigenvalue weighted by Gasteiger charge is 2.27. The summed E-state index contributed by atoms with van der Waals surface area (Å²) in [6, 6.07) is 12.3. The van der Waals surface area contributed by atoms with Gasteiger partial charge in [0.2, 0.25) is 0 Å². The molecular formula is C19H17N3O4S2. The fourth-order valence-electron chi connectivity index (χ4n) is 2.88. The van der Waals surface area contributed by atoms with Gasteiger partial charge in [0.05, 0.1) is 15.1 Å². The van der Waals surface area contributed by atoms with Crippen molar-refractivity contribution in [2.24, 2.45) is 0 Å². The smallest absolute Gasteiger partial charge is 0.315 e. The molecule has 0 atom stereocenters. The highest BCUT2D eigenvalue weighted by atomic mass is 32.2. The van der Waals surface area contributed by atoms with Crippen molar-refractivity contribution < 1.29 is 18.0 Å². The maximum atomic E-state index is 12.1. The van der Waals surface area contributed by atoms with E-state index in [1.165, 1.54) is 22.5 Å². The third-order valence-electron chi connectivity index (χ3n) is 4.54. The number of rotatable bonds is 3. The first-order valence-electron chi connectivity index (χ1n) is 8.62. The molecule has 1 fully saturated rings. The SMILES string of the molecule is CS(=O)(=O)c1cccc(-c2ccc3nc(NC(=O)C(=O)N4CCC4)sc3c2)c1.